The van der Waals surface area contributed by atoms with Crippen molar-refractivity contribution in [3.8, 4) is 16.3 Å². The summed E-state index contributed by atoms with van der Waals surface area (Å²) in [5, 5.41) is 19.0. The number of hydrogen-bond donors (Lipinski definition) is 3. The first-order valence-electron chi connectivity index (χ1n) is 10.5. The molecule has 0 saturated carbocycles. The molecule has 188 valence electrons. The molecule has 10 nitrogen and oxygen atoms in total. The summed E-state index contributed by atoms with van der Waals surface area (Å²) in [6.45, 7) is 1.95. The van der Waals surface area contributed by atoms with Gasteiger partial charge in [-0.1, -0.05) is 30.3 Å². The van der Waals surface area contributed by atoms with E-state index < -0.39 is 35.8 Å². The topological polar surface area (TPSA) is 167 Å². The standard InChI is InChI=1S/C24H17N3O7S3/c1-13-6-8-17-20(10-13)35-24(25-17)14-7-9-18(22(11-14)37(32,33)34)26-27-19-12-21(36(29,30)31)15-4-2-3-5-16(15)23(19)28/h2-12,28H,1H3,(H,29,30,31)(H,32,33,34). The Balaban J connectivity index is 1.63. The number of aromatic nitrogens is 1. The van der Waals surface area contributed by atoms with Crippen LogP contribution in [-0.4, -0.2) is 36.0 Å². The molecule has 37 heavy (non-hydrogen) atoms. The Kier molecular flexibility index (Phi) is 6.04. The number of benzene rings is 4. The number of rotatable bonds is 5. The van der Waals surface area contributed by atoms with E-state index in [1.807, 2.05) is 25.1 Å². The van der Waals surface area contributed by atoms with Gasteiger partial charge in [-0.3, -0.25) is 9.11 Å². The van der Waals surface area contributed by atoms with Crippen molar-refractivity contribution in [2.24, 2.45) is 10.2 Å². The molecule has 1 aromatic heterocycles. The lowest BCUT2D eigenvalue weighted by atomic mass is 10.1. The van der Waals surface area contributed by atoms with Crippen molar-refractivity contribution in [1.82, 2.24) is 4.98 Å². The quantitative estimate of drug-likeness (QED) is 0.174. The normalized spacial score (nSPS) is 12.6. The minimum atomic E-state index is -4.76. The monoisotopic (exact) mass is 555 g/mol. The Labute approximate surface area is 215 Å². The number of hydrogen-bond acceptors (Lipinski definition) is 9. The molecule has 0 radical (unpaired) electrons. The van der Waals surface area contributed by atoms with Gasteiger partial charge in [0.1, 0.15) is 26.2 Å². The van der Waals surface area contributed by atoms with Crippen LogP contribution in [0.2, 0.25) is 0 Å². The SMILES string of the molecule is Cc1ccc2nc(-c3ccc(N=Nc4cc(S(=O)(=O)O)c5ccccc5c4O)c(S(=O)(=O)O)c3)sc2c1. The molecule has 13 heteroatoms. The molecular weight excluding hydrogens is 538 g/mol. The van der Waals surface area contributed by atoms with Gasteiger partial charge in [-0.2, -0.15) is 16.8 Å². The minimum absolute atomic E-state index is 0.0652. The van der Waals surface area contributed by atoms with Gasteiger partial charge in [0, 0.05) is 16.3 Å². The number of phenols is 1. The Morgan fingerprint density at radius 1 is 0.784 bits per heavy atom. The predicted molar refractivity (Wildman–Crippen MR) is 139 cm³/mol. The fourth-order valence-electron chi connectivity index (χ4n) is 3.80. The molecule has 5 rings (SSSR count). The molecule has 0 aliphatic carbocycles. The van der Waals surface area contributed by atoms with Crippen molar-refractivity contribution < 1.29 is 31.0 Å². The van der Waals surface area contributed by atoms with Gasteiger partial charge >= 0.3 is 0 Å². The molecular formula is C24H17N3O7S3. The van der Waals surface area contributed by atoms with Crippen LogP contribution in [-0.2, 0) is 20.2 Å². The summed E-state index contributed by atoms with van der Waals surface area (Å²) in [5.74, 6) is -0.429. The first-order chi connectivity index (χ1) is 17.4. The summed E-state index contributed by atoms with van der Waals surface area (Å²) in [4.78, 5) is 3.45. The lowest BCUT2D eigenvalue weighted by Crippen LogP contribution is -1.99. The van der Waals surface area contributed by atoms with Crippen LogP contribution < -0.4 is 0 Å². The van der Waals surface area contributed by atoms with Gasteiger partial charge in [-0.15, -0.1) is 21.6 Å². The van der Waals surface area contributed by atoms with Crippen LogP contribution in [0.25, 0.3) is 31.6 Å². The number of fused-ring (bicyclic) bond motifs is 2. The zero-order valence-electron chi connectivity index (χ0n) is 18.9. The van der Waals surface area contributed by atoms with Gasteiger partial charge in [0.25, 0.3) is 20.2 Å². The fourth-order valence-corrected chi connectivity index (χ4v) is 6.23. The molecule has 0 aliphatic heterocycles. The second kappa shape index (κ2) is 8.97. The zero-order valence-corrected chi connectivity index (χ0v) is 21.3. The van der Waals surface area contributed by atoms with E-state index in [-0.39, 0.29) is 22.1 Å². The lowest BCUT2D eigenvalue weighted by molar-refractivity contribution is 0.479. The van der Waals surface area contributed by atoms with E-state index in [0.29, 0.717) is 10.6 Å². The number of thiazole rings is 1. The Bertz CT molecular complexity index is 1970. The highest BCUT2D eigenvalue weighted by Gasteiger charge is 2.21. The third-order valence-corrected chi connectivity index (χ3v) is 8.37. The van der Waals surface area contributed by atoms with E-state index in [1.54, 1.807) is 12.1 Å². The number of aromatic hydroxyl groups is 1. The van der Waals surface area contributed by atoms with Crippen molar-refractivity contribution in [2.75, 3.05) is 0 Å². The van der Waals surface area contributed by atoms with E-state index in [0.717, 1.165) is 21.8 Å². The van der Waals surface area contributed by atoms with Crippen molar-refractivity contribution in [3.05, 3.63) is 72.3 Å². The van der Waals surface area contributed by atoms with E-state index in [1.165, 1.54) is 41.7 Å². The summed E-state index contributed by atoms with van der Waals surface area (Å²) >= 11 is 1.35. The van der Waals surface area contributed by atoms with Crippen LogP contribution >= 0.6 is 11.3 Å². The van der Waals surface area contributed by atoms with Crippen molar-refractivity contribution in [3.63, 3.8) is 0 Å². The summed E-state index contributed by atoms with van der Waals surface area (Å²) in [6.07, 6.45) is 0. The van der Waals surface area contributed by atoms with E-state index >= 15 is 0 Å². The average molecular weight is 556 g/mol. The highest BCUT2D eigenvalue weighted by atomic mass is 32.2. The Morgan fingerprint density at radius 2 is 1.46 bits per heavy atom. The summed E-state index contributed by atoms with van der Waals surface area (Å²) in [6, 6.07) is 16.6. The van der Waals surface area contributed by atoms with E-state index in [4.69, 9.17) is 0 Å². The molecule has 0 spiro atoms. The summed E-state index contributed by atoms with van der Waals surface area (Å²) in [7, 11) is -9.44. The average Bonchev–Trinajstić information content (AvgIpc) is 3.25. The molecule has 4 aromatic carbocycles. The molecule has 0 unspecified atom stereocenters. The van der Waals surface area contributed by atoms with Crippen LogP contribution in [0.1, 0.15) is 5.56 Å². The van der Waals surface area contributed by atoms with Crippen LogP contribution in [0.4, 0.5) is 11.4 Å². The maximum absolute atomic E-state index is 12.2. The highest BCUT2D eigenvalue weighted by Crippen LogP contribution is 2.40. The van der Waals surface area contributed by atoms with Crippen LogP contribution in [0.3, 0.4) is 0 Å². The maximum atomic E-state index is 12.2. The molecule has 0 amide bonds. The molecule has 5 aromatic rings. The second-order valence-electron chi connectivity index (χ2n) is 8.11. The summed E-state index contributed by atoms with van der Waals surface area (Å²) in [5.41, 5.74) is 1.62. The van der Waals surface area contributed by atoms with Gasteiger partial charge in [-0.05, 0) is 48.9 Å². The van der Waals surface area contributed by atoms with Crippen LogP contribution in [0.15, 0.2) is 86.7 Å². The summed E-state index contributed by atoms with van der Waals surface area (Å²) < 4.78 is 68.6. The molecule has 0 fully saturated rings. The first-order valence-corrected chi connectivity index (χ1v) is 14.2. The van der Waals surface area contributed by atoms with E-state index in [2.05, 4.69) is 15.2 Å². The molecule has 0 atom stereocenters. The van der Waals surface area contributed by atoms with Crippen molar-refractivity contribution in [1.29, 1.82) is 0 Å². The third-order valence-electron chi connectivity index (χ3n) is 5.53. The van der Waals surface area contributed by atoms with Gasteiger partial charge in [-0.25, -0.2) is 4.98 Å². The van der Waals surface area contributed by atoms with Crippen LogP contribution in [0.5, 0.6) is 5.75 Å². The van der Waals surface area contributed by atoms with Gasteiger partial charge in [0.15, 0.2) is 5.75 Å². The molecule has 0 saturated heterocycles. The number of aryl methyl sites for hydroxylation is 1. The molecule has 0 aliphatic rings. The van der Waals surface area contributed by atoms with Gasteiger partial charge < -0.3 is 5.11 Å². The Morgan fingerprint density at radius 3 is 2.16 bits per heavy atom. The first kappa shape index (κ1) is 24.9. The minimum Gasteiger partial charge on any atom is -0.505 e. The third kappa shape index (κ3) is 4.82. The predicted octanol–water partition coefficient (Wildman–Crippen LogP) is 6.04. The smallest absolute Gasteiger partial charge is 0.296 e. The maximum Gasteiger partial charge on any atom is 0.296 e. The molecule has 3 N–H and O–H groups in total. The Hall–Kier alpha value is -3.75. The molecule has 1 heterocycles. The van der Waals surface area contributed by atoms with Crippen molar-refractivity contribution >= 4 is 63.9 Å². The van der Waals surface area contributed by atoms with Gasteiger partial charge in [0.2, 0.25) is 0 Å². The fraction of sp³-hybridized carbons (Fsp3) is 0.0417. The lowest BCUT2D eigenvalue weighted by Gasteiger charge is -2.08. The van der Waals surface area contributed by atoms with Gasteiger partial charge in [0.05, 0.1) is 10.2 Å². The number of nitrogens with zero attached hydrogens (tertiary/aromatic N) is 3. The van der Waals surface area contributed by atoms with E-state index in [9.17, 15) is 31.0 Å². The largest absolute Gasteiger partial charge is 0.505 e. The van der Waals surface area contributed by atoms with Crippen molar-refractivity contribution in [2.45, 2.75) is 16.7 Å². The highest BCUT2D eigenvalue weighted by molar-refractivity contribution is 7.86. The molecule has 0 bridgehead atoms. The second-order valence-corrected chi connectivity index (χ2v) is 11.9. The number of azo groups is 1. The zero-order chi connectivity index (χ0) is 26.5. The van der Waals surface area contributed by atoms with Crippen LogP contribution in [0, 0.1) is 6.92 Å². The number of phenolic OH excluding ortho intramolecular Hbond substituents is 1.